The van der Waals surface area contributed by atoms with Gasteiger partial charge in [-0.2, -0.15) is 0 Å². The van der Waals surface area contributed by atoms with E-state index in [0.29, 0.717) is 6.54 Å². The maximum Gasteiger partial charge on any atom is 0.239 e. The van der Waals surface area contributed by atoms with E-state index >= 15 is 0 Å². The minimum atomic E-state index is -0.577. The summed E-state index contributed by atoms with van der Waals surface area (Å²) in [7, 11) is 0. The molecule has 5 nitrogen and oxygen atoms in total. The lowest BCUT2D eigenvalue weighted by molar-refractivity contribution is -0.127. The van der Waals surface area contributed by atoms with Crippen molar-refractivity contribution in [1.29, 1.82) is 0 Å². The Morgan fingerprint density at radius 3 is 2.40 bits per heavy atom. The number of benzene rings is 1. The molecule has 20 heavy (non-hydrogen) atoms. The highest BCUT2D eigenvalue weighted by molar-refractivity contribution is 5.87. The van der Waals surface area contributed by atoms with Crippen molar-refractivity contribution in [1.82, 2.24) is 10.6 Å². The van der Waals surface area contributed by atoms with Crippen LogP contribution in [-0.2, 0) is 16.0 Å². The molecular formula is C15H23N3O2. The van der Waals surface area contributed by atoms with Gasteiger partial charge in [-0.1, -0.05) is 44.2 Å². The topological polar surface area (TPSA) is 84.2 Å². The molecule has 0 aromatic heterocycles. The summed E-state index contributed by atoms with van der Waals surface area (Å²) in [6.07, 6.45) is 0.770. The predicted molar refractivity (Wildman–Crippen MR) is 79.0 cm³/mol. The van der Waals surface area contributed by atoms with Gasteiger partial charge < -0.3 is 16.4 Å². The van der Waals surface area contributed by atoms with Gasteiger partial charge in [-0.25, -0.2) is 0 Å². The molecule has 0 aliphatic heterocycles. The van der Waals surface area contributed by atoms with Crippen LogP contribution in [0.2, 0.25) is 0 Å². The van der Waals surface area contributed by atoms with E-state index in [1.165, 1.54) is 5.56 Å². The van der Waals surface area contributed by atoms with Crippen LogP contribution in [0.4, 0.5) is 0 Å². The second-order valence-corrected chi connectivity index (χ2v) is 5.07. The zero-order valence-corrected chi connectivity index (χ0v) is 12.1. The molecule has 0 aliphatic rings. The third-order valence-corrected chi connectivity index (χ3v) is 3.02. The van der Waals surface area contributed by atoms with Crippen molar-refractivity contribution in [3.8, 4) is 0 Å². The van der Waals surface area contributed by atoms with Gasteiger partial charge in [-0.05, 0) is 17.9 Å². The van der Waals surface area contributed by atoms with Crippen LogP contribution in [0.15, 0.2) is 30.3 Å². The highest BCUT2D eigenvalue weighted by Crippen LogP contribution is 1.98. The van der Waals surface area contributed by atoms with Gasteiger partial charge in [0.25, 0.3) is 0 Å². The average Bonchev–Trinajstić information content (AvgIpc) is 2.45. The molecule has 0 bridgehead atoms. The standard InChI is InChI=1S/C15H23N3O2/c1-11(2)14(16)15(20)18-10-13(19)17-9-8-12-6-4-3-5-7-12/h3-7,11,14H,8-10,16H2,1-2H3,(H,17,19)(H,18,20)/t14-/m0/s1. The van der Waals surface area contributed by atoms with E-state index in [0.717, 1.165) is 6.42 Å². The zero-order valence-electron chi connectivity index (χ0n) is 12.1. The van der Waals surface area contributed by atoms with E-state index in [2.05, 4.69) is 10.6 Å². The fourth-order valence-electron chi connectivity index (χ4n) is 1.64. The van der Waals surface area contributed by atoms with Gasteiger partial charge in [0.1, 0.15) is 0 Å². The number of amides is 2. The van der Waals surface area contributed by atoms with Crippen molar-refractivity contribution in [3.05, 3.63) is 35.9 Å². The Kier molecular flexibility index (Phi) is 6.73. The molecular weight excluding hydrogens is 254 g/mol. The molecule has 0 heterocycles. The first kappa shape index (κ1) is 16.2. The molecule has 0 radical (unpaired) electrons. The highest BCUT2D eigenvalue weighted by atomic mass is 16.2. The van der Waals surface area contributed by atoms with Crippen molar-refractivity contribution in [2.75, 3.05) is 13.1 Å². The van der Waals surface area contributed by atoms with E-state index in [4.69, 9.17) is 5.73 Å². The van der Waals surface area contributed by atoms with E-state index in [1.54, 1.807) is 0 Å². The molecule has 0 spiro atoms. The molecule has 0 fully saturated rings. The van der Waals surface area contributed by atoms with Gasteiger partial charge in [0, 0.05) is 6.54 Å². The Morgan fingerprint density at radius 2 is 1.80 bits per heavy atom. The summed E-state index contributed by atoms with van der Waals surface area (Å²) in [5.41, 5.74) is 6.84. The third kappa shape index (κ3) is 5.84. The van der Waals surface area contributed by atoms with Crippen molar-refractivity contribution in [3.63, 3.8) is 0 Å². The van der Waals surface area contributed by atoms with Crippen LogP contribution < -0.4 is 16.4 Å². The van der Waals surface area contributed by atoms with Crippen molar-refractivity contribution in [2.45, 2.75) is 26.3 Å². The lowest BCUT2D eigenvalue weighted by atomic mass is 10.1. The SMILES string of the molecule is CC(C)[C@H](N)C(=O)NCC(=O)NCCc1ccccc1. The van der Waals surface area contributed by atoms with Crippen LogP contribution in [-0.4, -0.2) is 30.9 Å². The van der Waals surface area contributed by atoms with Crippen molar-refractivity contribution in [2.24, 2.45) is 11.7 Å². The molecule has 2 amide bonds. The maximum atomic E-state index is 11.6. The predicted octanol–water partition coefficient (Wildman–Crippen LogP) is 0.445. The van der Waals surface area contributed by atoms with Crippen LogP contribution in [0.5, 0.6) is 0 Å². The monoisotopic (exact) mass is 277 g/mol. The van der Waals surface area contributed by atoms with Crippen LogP contribution >= 0.6 is 0 Å². The fraction of sp³-hybridized carbons (Fsp3) is 0.467. The van der Waals surface area contributed by atoms with E-state index in [9.17, 15) is 9.59 Å². The quantitative estimate of drug-likeness (QED) is 0.676. The van der Waals surface area contributed by atoms with E-state index in [1.807, 2.05) is 44.2 Å². The Hall–Kier alpha value is -1.88. The summed E-state index contributed by atoms with van der Waals surface area (Å²) in [5, 5.41) is 5.30. The van der Waals surface area contributed by atoms with Crippen LogP contribution in [0.3, 0.4) is 0 Å². The smallest absolute Gasteiger partial charge is 0.239 e. The third-order valence-electron chi connectivity index (χ3n) is 3.02. The number of nitrogens with two attached hydrogens (primary N) is 1. The zero-order chi connectivity index (χ0) is 15.0. The Balaban J connectivity index is 2.19. The molecule has 0 saturated heterocycles. The lowest BCUT2D eigenvalue weighted by Crippen LogP contribution is -2.47. The lowest BCUT2D eigenvalue weighted by Gasteiger charge is -2.15. The van der Waals surface area contributed by atoms with E-state index < -0.39 is 6.04 Å². The highest BCUT2D eigenvalue weighted by Gasteiger charge is 2.17. The maximum absolute atomic E-state index is 11.6. The molecule has 5 heteroatoms. The van der Waals surface area contributed by atoms with Gasteiger partial charge in [-0.15, -0.1) is 0 Å². The van der Waals surface area contributed by atoms with Crippen LogP contribution in [0.1, 0.15) is 19.4 Å². The van der Waals surface area contributed by atoms with Gasteiger partial charge >= 0.3 is 0 Å². The second kappa shape index (κ2) is 8.32. The molecule has 0 unspecified atom stereocenters. The van der Waals surface area contributed by atoms with Gasteiger partial charge in [0.05, 0.1) is 12.6 Å². The fourth-order valence-corrected chi connectivity index (χ4v) is 1.64. The number of carbonyl (C=O) groups excluding carboxylic acids is 2. The average molecular weight is 277 g/mol. The minimum absolute atomic E-state index is 0.0337. The summed E-state index contributed by atoms with van der Waals surface area (Å²) in [6, 6.07) is 9.32. The van der Waals surface area contributed by atoms with E-state index in [-0.39, 0.29) is 24.3 Å². The molecule has 1 aromatic carbocycles. The van der Waals surface area contributed by atoms with Crippen molar-refractivity contribution < 1.29 is 9.59 Å². The van der Waals surface area contributed by atoms with Crippen LogP contribution in [0.25, 0.3) is 0 Å². The number of hydrogen-bond acceptors (Lipinski definition) is 3. The molecule has 1 aromatic rings. The van der Waals surface area contributed by atoms with Crippen molar-refractivity contribution >= 4 is 11.8 Å². The minimum Gasteiger partial charge on any atom is -0.354 e. The molecule has 0 aliphatic carbocycles. The largest absolute Gasteiger partial charge is 0.354 e. The molecule has 1 atom stereocenters. The molecule has 110 valence electrons. The Morgan fingerprint density at radius 1 is 1.15 bits per heavy atom. The first-order valence-electron chi connectivity index (χ1n) is 6.84. The number of nitrogens with one attached hydrogen (secondary N) is 2. The summed E-state index contributed by atoms with van der Waals surface area (Å²) in [6.45, 7) is 4.25. The normalized spacial score (nSPS) is 12.0. The van der Waals surface area contributed by atoms with Gasteiger partial charge in [0.2, 0.25) is 11.8 Å². The molecule has 0 saturated carbocycles. The van der Waals surface area contributed by atoms with Gasteiger partial charge in [0.15, 0.2) is 0 Å². The Bertz CT molecular complexity index is 432. The summed E-state index contributed by atoms with van der Waals surface area (Å²) < 4.78 is 0. The first-order valence-corrected chi connectivity index (χ1v) is 6.84. The second-order valence-electron chi connectivity index (χ2n) is 5.07. The number of hydrogen-bond donors (Lipinski definition) is 3. The summed E-state index contributed by atoms with van der Waals surface area (Å²) in [4.78, 5) is 23.1. The van der Waals surface area contributed by atoms with Gasteiger partial charge in [-0.3, -0.25) is 9.59 Å². The Labute approximate surface area is 119 Å². The number of rotatable bonds is 7. The molecule has 1 rings (SSSR count). The number of carbonyl (C=O) groups is 2. The first-order chi connectivity index (χ1) is 9.50. The molecule has 4 N–H and O–H groups in total. The van der Waals surface area contributed by atoms with Crippen LogP contribution in [0, 0.1) is 5.92 Å². The summed E-state index contributed by atoms with van der Waals surface area (Å²) in [5.74, 6) is -0.445. The summed E-state index contributed by atoms with van der Waals surface area (Å²) >= 11 is 0.